The van der Waals surface area contributed by atoms with Gasteiger partial charge in [-0.1, -0.05) is 13.8 Å². The summed E-state index contributed by atoms with van der Waals surface area (Å²) in [4.78, 5) is 16.5. The number of fused-ring (bicyclic) bond motifs is 1. The molecule has 2 N–H and O–H groups in total. The summed E-state index contributed by atoms with van der Waals surface area (Å²) in [6.07, 6.45) is 5.91. The third-order valence-electron chi connectivity index (χ3n) is 3.99. The summed E-state index contributed by atoms with van der Waals surface area (Å²) in [5.74, 6) is 0.502. The van der Waals surface area contributed by atoms with E-state index in [4.69, 9.17) is 4.74 Å². The quantitative estimate of drug-likeness (QED) is 0.741. The van der Waals surface area contributed by atoms with E-state index in [1.54, 1.807) is 0 Å². The molecule has 0 aromatic carbocycles. The lowest BCUT2D eigenvalue weighted by Crippen LogP contribution is -2.35. The molecule has 0 aliphatic carbocycles. The minimum atomic E-state index is -0.115. The van der Waals surface area contributed by atoms with Crippen LogP contribution in [-0.2, 0) is 4.79 Å². The Morgan fingerprint density at radius 3 is 2.88 bits per heavy atom. The van der Waals surface area contributed by atoms with Crippen LogP contribution in [0.25, 0.3) is 5.65 Å². The Kier molecular flexibility index (Phi) is 6.61. The second-order valence-corrected chi connectivity index (χ2v) is 6.11. The number of nitrogens with one attached hydrogen (secondary N) is 2. The number of aromatic nitrogens is 2. The van der Waals surface area contributed by atoms with Gasteiger partial charge < -0.3 is 19.8 Å². The monoisotopic (exact) mass is 332 g/mol. The molecule has 2 aromatic rings. The molecule has 132 valence electrons. The SMILES string of the molecule is CCCNC(C)c1cn2cccc(OCC(=O)NC(C)CC)c2n1. The van der Waals surface area contributed by atoms with Crippen molar-refractivity contribution in [2.75, 3.05) is 13.2 Å². The van der Waals surface area contributed by atoms with Crippen LogP contribution in [0.15, 0.2) is 24.5 Å². The molecule has 24 heavy (non-hydrogen) atoms. The lowest BCUT2D eigenvalue weighted by Gasteiger charge is -2.12. The van der Waals surface area contributed by atoms with Gasteiger partial charge in [0.15, 0.2) is 18.0 Å². The molecule has 2 aromatic heterocycles. The third kappa shape index (κ3) is 4.71. The summed E-state index contributed by atoms with van der Waals surface area (Å²) in [6.45, 7) is 9.19. The Balaban J connectivity index is 2.08. The van der Waals surface area contributed by atoms with Crippen molar-refractivity contribution in [1.82, 2.24) is 20.0 Å². The molecule has 0 aliphatic heterocycles. The van der Waals surface area contributed by atoms with Gasteiger partial charge in [0.2, 0.25) is 0 Å². The van der Waals surface area contributed by atoms with E-state index in [2.05, 4.69) is 29.5 Å². The molecule has 0 saturated heterocycles. The largest absolute Gasteiger partial charge is 0.480 e. The van der Waals surface area contributed by atoms with Gasteiger partial charge in [-0.2, -0.15) is 0 Å². The summed E-state index contributed by atoms with van der Waals surface area (Å²) < 4.78 is 7.62. The number of imidazole rings is 1. The fourth-order valence-corrected chi connectivity index (χ4v) is 2.35. The topological polar surface area (TPSA) is 67.7 Å². The predicted molar refractivity (Wildman–Crippen MR) is 95.3 cm³/mol. The van der Waals surface area contributed by atoms with Crippen molar-refractivity contribution in [2.24, 2.45) is 0 Å². The average molecular weight is 332 g/mol. The number of amides is 1. The lowest BCUT2D eigenvalue weighted by atomic mass is 10.2. The zero-order valence-electron chi connectivity index (χ0n) is 15.0. The molecule has 6 heteroatoms. The van der Waals surface area contributed by atoms with Crippen molar-refractivity contribution >= 4 is 11.6 Å². The highest BCUT2D eigenvalue weighted by atomic mass is 16.5. The van der Waals surface area contributed by atoms with Gasteiger partial charge in [0.05, 0.1) is 5.69 Å². The van der Waals surface area contributed by atoms with Crippen LogP contribution in [0.2, 0.25) is 0 Å². The molecule has 0 aliphatic rings. The van der Waals surface area contributed by atoms with Crippen molar-refractivity contribution in [1.29, 1.82) is 0 Å². The Morgan fingerprint density at radius 1 is 1.38 bits per heavy atom. The zero-order chi connectivity index (χ0) is 17.5. The summed E-state index contributed by atoms with van der Waals surface area (Å²) in [5, 5.41) is 6.32. The number of pyridine rings is 1. The van der Waals surface area contributed by atoms with Crippen LogP contribution < -0.4 is 15.4 Å². The molecule has 0 radical (unpaired) electrons. The van der Waals surface area contributed by atoms with E-state index in [0.29, 0.717) is 5.75 Å². The number of hydrogen-bond donors (Lipinski definition) is 2. The van der Waals surface area contributed by atoms with Gasteiger partial charge in [0.25, 0.3) is 5.91 Å². The summed E-state index contributed by atoms with van der Waals surface area (Å²) in [7, 11) is 0. The molecule has 2 atom stereocenters. The first-order valence-electron chi connectivity index (χ1n) is 8.68. The number of nitrogens with zero attached hydrogens (tertiary/aromatic N) is 2. The first kappa shape index (κ1) is 18.3. The van der Waals surface area contributed by atoms with E-state index < -0.39 is 0 Å². The van der Waals surface area contributed by atoms with Crippen molar-refractivity contribution in [3.05, 3.63) is 30.2 Å². The lowest BCUT2D eigenvalue weighted by molar-refractivity contribution is -0.123. The molecule has 0 bridgehead atoms. The van der Waals surface area contributed by atoms with Gasteiger partial charge in [0, 0.05) is 24.5 Å². The van der Waals surface area contributed by atoms with E-state index in [9.17, 15) is 4.79 Å². The summed E-state index contributed by atoms with van der Waals surface area (Å²) >= 11 is 0. The first-order valence-corrected chi connectivity index (χ1v) is 8.68. The van der Waals surface area contributed by atoms with Crippen LogP contribution in [0.4, 0.5) is 0 Å². The van der Waals surface area contributed by atoms with Crippen LogP contribution in [0.5, 0.6) is 5.75 Å². The molecule has 0 fully saturated rings. The van der Waals surface area contributed by atoms with Crippen molar-refractivity contribution in [3.63, 3.8) is 0 Å². The molecule has 0 spiro atoms. The molecular formula is C18H28N4O2. The van der Waals surface area contributed by atoms with Crippen LogP contribution in [-0.4, -0.2) is 34.5 Å². The number of hydrogen-bond acceptors (Lipinski definition) is 4. The van der Waals surface area contributed by atoms with E-state index in [-0.39, 0.29) is 24.6 Å². The normalized spacial score (nSPS) is 13.7. The standard InChI is InChI=1S/C18H28N4O2/c1-5-9-19-14(4)15-11-22-10-7-8-16(18(22)21-15)24-12-17(23)20-13(3)6-2/h7-8,10-11,13-14,19H,5-6,9,12H2,1-4H3,(H,20,23). The Hall–Kier alpha value is -2.08. The van der Waals surface area contributed by atoms with E-state index in [1.807, 2.05) is 42.8 Å². The van der Waals surface area contributed by atoms with E-state index in [0.717, 1.165) is 30.7 Å². The van der Waals surface area contributed by atoms with Gasteiger partial charge in [-0.25, -0.2) is 4.98 Å². The Morgan fingerprint density at radius 2 is 2.17 bits per heavy atom. The Bertz CT molecular complexity index is 668. The molecule has 2 rings (SSSR count). The molecule has 6 nitrogen and oxygen atoms in total. The second-order valence-electron chi connectivity index (χ2n) is 6.11. The van der Waals surface area contributed by atoms with Gasteiger partial charge in [-0.3, -0.25) is 4.79 Å². The fourth-order valence-electron chi connectivity index (χ4n) is 2.35. The maximum Gasteiger partial charge on any atom is 0.258 e. The Labute approximate surface area is 143 Å². The van der Waals surface area contributed by atoms with Gasteiger partial charge in [-0.05, 0) is 45.4 Å². The maximum atomic E-state index is 11.9. The smallest absolute Gasteiger partial charge is 0.258 e. The highest BCUT2D eigenvalue weighted by molar-refractivity contribution is 5.78. The highest BCUT2D eigenvalue weighted by Crippen LogP contribution is 2.21. The first-order chi connectivity index (χ1) is 11.5. The van der Waals surface area contributed by atoms with Crippen molar-refractivity contribution in [2.45, 2.75) is 52.6 Å². The number of rotatable bonds is 9. The number of carbonyl (C=O) groups excluding carboxylic acids is 1. The highest BCUT2D eigenvalue weighted by Gasteiger charge is 2.13. The third-order valence-corrected chi connectivity index (χ3v) is 3.99. The van der Waals surface area contributed by atoms with Gasteiger partial charge in [0.1, 0.15) is 0 Å². The van der Waals surface area contributed by atoms with Gasteiger partial charge >= 0.3 is 0 Å². The molecule has 2 unspecified atom stereocenters. The molecule has 1 amide bonds. The fraction of sp³-hybridized carbons (Fsp3) is 0.556. The number of ether oxygens (including phenoxy) is 1. The molecule has 2 heterocycles. The van der Waals surface area contributed by atoms with Crippen LogP contribution >= 0.6 is 0 Å². The average Bonchev–Trinajstić information content (AvgIpc) is 3.02. The van der Waals surface area contributed by atoms with Crippen molar-refractivity contribution in [3.8, 4) is 5.75 Å². The van der Waals surface area contributed by atoms with Crippen molar-refractivity contribution < 1.29 is 9.53 Å². The van der Waals surface area contributed by atoms with Crippen LogP contribution in [0.3, 0.4) is 0 Å². The van der Waals surface area contributed by atoms with Gasteiger partial charge in [-0.15, -0.1) is 0 Å². The maximum absolute atomic E-state index is 11.9. The minimum Gasteiger partial charge on any atom is -0.480 e. The molecular weight excluding hydrogens is 304 g/mol. The van der Waals surface area contributed by atoms with E-state index >= 15 is 0 Å². The summed E-state index contributed by atoms with van der Waals surface area (Å²) in [5.41, 5.74) is 1.69. The minimum absolute atomic E-state index is 0.00412. The number of carbonyl (C=O) groups is 1. The predicted octanol–water partition coefficient (Wildman–Crippen LogP) is 2.69. The zero-order valence-corrected chi connectivity index (χ0v) is 15.0. The van der Waals surface area contributed by atoms with Crippen LogP contribution in [0, 0.1) is 0 Å². The second kappa shape index (κ2) is 8.68. The summed E-state index contributed by atoms with van der Waals surface area (Å²) in [6, 6.07) is 4.06. The molecule has 0 saturated carbocycles. The van der Waals surface area contributed by atoms with E-state index in [1.165, 1.54) is 0 Å². The van der Waals surface area contributed by atoms with Crippen LogP contribution in [0.1, 0.15) is 52.3 Å².